The molecule has 0 fully saturated rings. The lowest BCUT2D eigenvalue weighted by atomic mass is 10.1. The van der Waals surface area contributed by atoms with E-state index < -0.39 is 5.97 Å². The minimum Gasteiger partial charge on any atom is -0.460 e. The molecule has 0 aliphatic carbocycles. The monoisotopic (exact) mass is 560 g/mol. The van der Waals surface area contributed by atoms with Crippen LogP contribution in [0.2, 0.25) is 0 Å². The molecule has 0 spiro atoms. The lowest BCUT2D eigenvalue weighted by Crippen LogP contribution is -2.10. The van der Waals surface area contributed by atoms with Crippen molar-refractivity contribution in [1.82, 2.24) is 0 Å². The summed E-state index contributed by atoms with van der Waals surface area (Å²) in [7, 11) is 0. The van der Waals surface area contributed by atoms with Gasteiger partial charge in [-0.25, -0.2) is 4.79 Å². The molecule has 0 bridgehead atoms. The molecule has 0 aliphatic rings. The first-order chi connectivity index (χ1) is 16.6. The Morgan fingerprint density at radius 1 is 0.765 bits per heavy atom. The first-order valence-electron chi connectivity index (χ1n) is 10.4. The number of ether oxygens (including phenoxy) is 2. The highest BCUT2D eigenvalue weighted by Crippen LogP contribution is 2.27. The molecule has 4 aromatic carbocycles. The summed E-state index contributed by atoms with van der Waals surface area (Å²) < 4.78 is 17.7. The molecular weight excluding hydrogens is 543 g/mol. The van der Waals surface area contributed by atoms with Gasteiger partial charge in [-0.1, -0.05) is 54.6 Å². The summed E-state index contributed by atoms with van der Waals surface area (Å²) in [5.41, 5.74) is 2.59. The first-order valence-corrected chi connectivity index (χ1v) is 11.5. The zero-order valence-corrected chi connectivity index (χ0v) is 19.9. The first kappa shape index (κ1) is 21.9. The Kier molecular flexibility index (Phi) is 6.14. The fourth-order valence-corrected chi connectivity index (χ4v) is 4.09. The van der Waals surface area contributed by atoms with Crippen molar-refractivity contribution in [3.8, 4) is 28.4 Å². The molecule has 5 aromatic rings. The predicted octanol–water partition coefficient (Wildman–Crippen LogP) is 7.08. The van der Waals surface area contributed by atoms with E-state index in [4.69, 9.17) is 13.9 Å². The Balaban J connectivity index is 1.36. The minimum atomic E-state index is -0.481. The van der Waals surface area contributed by atoms with E-state index >= 15 is 0 Å². The van der Waals surface area contributed by atoms with Gasteiger partial charge in [-0.2, -0.15) is 0 Å². The Hall–Kier alpha value is -3.91. The van der Waals surface area contributed by atoms with Crippen molar-refractivity contribution in [2.75, 3.05) is 0 Å². The van der Waals surface area contributed by atoms with Gasteiger partial charge >= 0.3 is 5.97 Å². The Morgan fingerprint density at radius 2 is 1.44 bits per heavy atom. The highest BCUT2D eigenvalue weighted by atomic mass is 127. The Labute approximate surface area is 208 Å². The molecule has 34 heavy (non-hydrogen) atoms. The summed E-state index contributed by atoms with van der Waals surface area (Å²) in [5, 5.41) is 0.326. The molecule has 1 aromatic heterocycles. The fraction of sp³-hybridized carbons (Fsp3) is 0. The van der Waals surface area contributed by atoms with E-state index in [0.717, 1.165) is 14.7 Å². The molecule has 6 heteroatoms. The summed E-state index contributed by atoms with van der Waals surface area (Å²) in [4.78, 5) is 25.4. The smallest absolute Gasteiger partial charge is 0.344 e. The van der Waals surface area contributed by atoms with Gasteiger partial charge < -0.3 is 13.9 Å². The Bertz CT molecular complexity index is 1540. The molecule has 5 nitrogen and oxygen atoms in total. The highest BCUT2D eigenvalue weighted by Gasteiger charge is 2.14. The van der Waals surface area contributed by atoms with Gasteiger partial charge in [0, 0.05) is 9.64 Å². The average molecular weight is 560 g/mol. The summed E-state index contributed by atoms with van der Waals surface area (Å²) in [5.74, 6) is 0.397. The molecule has 0 unspecified atom stereocenters. The Morgan fingerprint density at radius 3 is 2.21 bits per heavy atom. The summed E-state index contributed by atoms with van der Waals surface area (Å²) in [6, 6.07) is 29.2. The zero-order valence-electron chi connectivity index (χ0n) is 17.7. The van der Waals surface area contributed by atoms with Gasteiger partial charge in [0.05, 0.1) is 10.9 Å². The number of halogens is 1. The van der Waals surface area contributed by atoms with Crippen LogP contribution in [0.4, 0.5) is 0 Å². The van der Waals surface area contributed by atoms with Crippen LogP contribution in [-0.4, -0.2) is 5.97 Å². The van der Waals surface area contributed by atoms with Gasteiger partial charge in [0.25, 0.3) is 0 Å². The second-order valence-electron chi connectivity index (χ2n) is 7.45. The van der Waals surface area contributed by atoms with Crippen LogP contribution in [0.3, 0.4) is 0 Å². The van der Waals surface area contributed by atoms with Gasteiger partial charge in [-0.3, -0.25) is 4.79 Å². The van der Waals surface area contributed by atoms with E-state index in [-0.39, 0.29) is 16.9 Å². The standard InChI is InChI=1S/C28H17IO5/c29-24-9-5-4-8-22(24)28(31)34-21-14-15-23-25(16-21)32-17-26(27(23)30)33-20-12-10-19(11-13-20)18-6-2-1-3-7-18/h1-17H. The third-order valence-electron chi connectivity index (χ3n) is 5.21. The van der Waals surface area contributed by atoms with E-state index in [0.29, 0.717) is 22.3 Å². The largest absolute Gasteiger partial charge is 0.460 e. The van der Waals surface area contributed by atoms with Gasteiger partial charge in [-0.15, -0.1) is 0 Å². The highest BCUT2D eigenvalue weighted by molar-refractivity contribution is 14.1. The second kappa shape index (κ2) is 9.52. The number of benzene rings is 4. The normalized spacial score (nSPS) is 10.7. The van der Waals surface area contributed by atoms with Crippen molar-refractivity contribution in [2.24, 2.45) is 0 Å². The average Bonchev–Trinajstić information content (AvgIpc) is 2.87. The molecule has 0 aliphatic heterocycles. The predicted molar refractivity (Wildman–Crippen MR) is 139 cm³/mol. The van der Waals surface area contributed by atoms with E-state index in [1.54, 1.807) is 36.4 Å². The van der Waals surface area contributed by atoms with E-state index in [1.165, 1.54) is 12.3 Å². The molecule has 0 N–H and O–H groups in total. The van der Waals surface area contributed by atoms with Gasteiger partial charge in [-0.05, 0) is 70.1 Å². The lowest BCUT2D eigenvalue weighted by molar-refractivity contribution is 0.0734. The van der Waals surface area contributed by atoms with Crippen LogP contribution in [-0.2, 0) is 0 Å². The third kappa shape index (κ3) is 4.58. The zero-order chi connectivity index (χ0) is 23.5. The summed E-state index contributed by atoms with van der Waals surface area (Å²) in [6.45, 7) is 0. The van der Waals surface area contributed by atoms with Crippen LogP contribution in [0.15, 0.2) is 113 Å². The van der Waals surface area contributed by atoms with E-state index in [1.807, 2.05) is 54.6 Å². The summed E-state index contributed by atoms with van der Waals surface area (Å²) in [6.07, 6.45) is 1.27. The maximum absolute atomic E-state index is 12.9. The topological polar surface area (TPSA) is 65.7 Å². The number of carbonyl (C=O) groups is 1. The minimum absolute atomic E-state index is 0.0727. The van der Waals surface area contributed by atoms with Crippen molar-refractivity contribution >= 4 is 39.5 Å². The van der Waals surface area contributed by atoms with Crippen LogP contribution < -0.4 is 14.9 Å². The van der Waals surface area contributed by atoms with Gasteiger partial charge in [0.15, 0.2) is 0 Å². The van der Waals surface area contributed by atoms with Crippen LogP contribution >= 0.6 is 22.6 Å². The maximum atomic E-state index is 12.9. The SMILES string of the molecule is O=C(Oc1ccc2c(=O)c(Oc3ccc(-c4ccccc4)cc3)coc2c1)c1ccccc1I. The number of rotatable bonds is 5. The number of carbonyl (C=O) groups excluding carboxylic acids is 1. The molecule has 5 rings (SSSR count). The van der Waals surface area contributed by atoms with E-state index in [9.17, 15) is 9.59 Å². The van der Waals surface area contributed by atoms with Crippen molar-refractivity contribution < 1.29 is 18.7 Å². The molecule has 1 heterocycles. The van der Waals surface area contributed by atoms with Gasteiger partial charge in [0.2, 0.25) is 11.2 Å². The van der Waals surface area contributed by atoms with Crippen LogP contribution in [0.5, 0.6) is 17.2 Å². The number of hydrogen-bond donors (Lipinski definition) is 0. The van der Waals surface area contributed by atoms with Crippen molar-refractivity contribution in [1.29, 1.82) is 0 Å². The lowest BCUT2D eigenvalue weighted by Gasteiger charge is -2.08. The number of fused-ring (bicyclic) bond motifs is 1. The van der Waals surface area contributed by atoms with Crippen LogP contribution in [0.1, 0.15) is 10.4 Å². The van der Waals surface area contributed by atoms with Crippen molar-refractivity contribution in [3.05, 3.63) is 123 Å². The summed E-state index contributed by atoms with van der Waals surface area (Å²) >= 11 is 2.08. The quantitative estimate of drug-likeness (QED) is 0.131. The molecule has 0 saturated carbocycles. The second-order valence-corrected chi connectivity index (χ2v) is 8.61. The van der Waals surface area contributed by atoms with Gasteiger partial charge in [0.1, 0.15) is 23.3 Å². The molecule has 0 saturated heterocycles. The number of esters is 1. The molecule has 166 valence electrons. The fourth-order valence-electron chi connectivity index (χ4n) is 3.49. The molecule has 0 amide bonds. The van der Waals surface area contributed by atoms with Crippen LogP contribution in [0.25, 0.3) is 22.1 Å². The third-order valence-corrected chi connectivity index (χ3v) is 6.15. The molecule has 0 atom stereocenters. The van der Waals surface area contributed by atoms with Crippen molar-refractivity contribution in [2.45, 2.75) is 0 Å². The molecular formula is C28H17IO5. The van der Waals surface area contributed by atoms with Crippen LogP contribution in [0, 0.1) is 3.57 Å². The number of hydrogen-bond acceptors (Lipinski definition) is 5. The van der Waals surface area contributed by atoms with E-state index in [2.05, 4.69) is 22.6 Å². The maximum Gasteiger partial charge on any atom is 0.344 e. The van der Waals surface area contributed by atoms with Crippen molar-refractivity contribution in [3.63, 3.8) is 0 Å². The molecule has 0 radical (unpaired) electrons.